The summed E-state index contributed by atoms with van der Waals surface area (Å²) in [6.45, 7) is 1.95. The van der Waals surface area contributed by atoms with Gasteiger partial charge in [-0.15, -0.1) is 0 Å². The summed E-state index contributed by atoms with van der Waals surface area (Å²) < 4.78 is 0. The highest BCUT2D eigenvalue weighted by Crippen LogP contribution is 2.33. The second kappa shape index (κ2) is 4.79. The third-order valence-electron chi connectivity index (χ3n) is 3.76. The largest absolute Gasteiger partial charge is 0.366 e. The Morgan fingerprint density at radius 1 is 1.50 bits per heavy atom. The van der Waals surface area contributed by atoms with Gasteiger partial charge >= 0.3 is 0 Å². The highest BCUT2D eigenvalue weighted by molar-refractivity contribution is 5.85. The number of Topliss-reactive ketones (excluding diaryl/α,β-unsaturated/α-hetero) is 1. The zero-order valence-electron chi connectivity index (χ0n) is 11.6. The normalized spacial score (nSPS) is 28.9. The quantitative estimate of drug-likeness (QED) is 0.698. The second-order valence-corrected chi connectivity index (χ2v) is 5.41. The number of piperidine rings is 1. The first-order valence-corrected chi connectivity index (χ1v) is 6.67. The van der Waals surface area contributed by atoms with Crippen molar-refractivity contribution in [2.75, 3.05) is 13.6 Å². The van der Waals surface area contributed by atoms with Gasteiger partial charge in [0.1, 0.15) is 6.17 Å². The third-order valence-corrected chi connectivity index (χ3v) is 3.76. The molecular weight excluding hydrogens is 256 g/mol. The molecule has 3 rings (SSSR count). The van der Waals surface area contributed by atoms with E-state index in [4.69, 9.17) is 0 Å². The van der Waals surface area contributed by atoms with Crippen LogP contribution in [0.4, 0.5) is 0 Å². The lowest BCUT2D eigenvalue weighted by Gasteiger charge is -2.46. The summed E-state index contributed by atoms with van der Waals surface area (Å²) in [5.74, 6) is 0.0719. The number of amides is 1. The van der Waals surface area contributed by atoms with Crippen molar-refractivity contribution in [3.05, 3.63) is 35.7 Å². The van der Waals surface area contributed by atoms with Crippen molar-refractivity contribution in [2.24, 2.45) is 0 Å². The molecule has 3 aliphatic rings. The minimum atomic E-state index is -0.133. The highest BCUT2D eigenvalue weighted by Gasteiger charge is 2.40. The van der Waals surface area contributed by atoms with Crippen LogP contribution in [-0.2, 0) is 9.59 Å². The van der Waals surface area contributed by atoms with Crippen LogP contribution in [0.25, 0.3) is 0 Å². The number of carbonyl (C=O) groups excluding carboxylic acids is 2. The van der Waals surface area contributed by atoms with Gasteiger partial charge < -0.3 is 5.32 Å². The van der Waals surface area contributed by atoms with E-state index in [-0.39, 0.29) is 23.9 Å². The predicted molar refractivity (Wildman–Crippen MR) is 73.9 cm³/mol. The maximum atomic E-state index is 11.8. The zero-order valence-corrected chi connectivity index (χ0v) is 11.6. The van der Waals surface area contributed by atoms with Gasteiger partial charge in [-0.1, -0.05) is 6.08 Å². The van der Waals surface area contributed by atoms with Crippen molar-refractivity contribution in [1.29, 1.82) is 0 Å². The summed E-state index contributed by atoms with van der Waals surface area (Å²) in [5.41, 5.74) is 4.97. The lowest BCUT2D eigenvalue weighted by atomic mass is 9.85. The lowest BCUT2D eigenvalue weighted by Crippen LogP contribution is -2.59. The van der Waals surface area contributed by atoms with E-state index in [9.17, 15) is 9.59 Å². The molecule has 0 saturated carbocycles. The molecule has 1 fully saturated rings. The second-order valence-electron chi connectivity index (χ2n) is 5.41. The Bertz CT molecular complexity index is 549. The molecule has 106 valence electrons. The molecule has 20 heavy (non-hydrogen) atoms. The number of hydrogen-bond acceptors (Lipinski definition) is 5. The van der Waals surface area contributed by atoms with Crippen molar-refractivity contribution in [3.8, 4) is 0 Å². The Balaban J connectivity index is 2.00. The maximum absolute atomic E-state index is 11.8. The highest BCUT2D eigenvalue weighted by atomic mass is 16.2. The molecule has 0 bridgehead atoms. The molecule has 2 N–H and O–H groups in total. The van der Waals surface area contributed by atoms with Gasteiger partial charge in [0.25, 0.3) is 0 Å². The first kappa shape index (κ1) is 12.9. The van der Waals surface area contributed by atoms with E-state index in [0.717, 1.165) is 11.1 Å². The van der Waals surface area contributed by atoms with Crippen LogP contribution in [0, 0.1) is 0 Å². The number of hydrogen-bond donors (Lipinski definition) is 2. The number of fused-ring (bicyclic) bond motifs is 3. The molecule has 0 aliphatic carbocycles. The topological polar surface area (TPSA) is 64.7 Å². The molecule has 0 aromatic heterocycles. The van der Waals surface area contributed by atoms with E-state index in [1.807, 2.05) is 25.5 Å². The van der Waals surface area contributed by atoms with E-state index >= 15 is 0 Å². The predicted octanol–water partition coefficient (Wildman–Crippen LogP) is -0.120. The van der Waals surface area contributed by atoms with Crippen LogP contribution in [0.2, 0.25) is 0 Å². The van der Waals surface area contributed by atoms with E-state index < -0.39 is 0 Å². The minimum Gasteiger partial charge on any atom is -0.366 e. The molecule has 1 saturated heterocycles. The Hall–Kier alpha value is -2.08. The Morgan fingerprint density at radius 3 is 3.05 bits per heavy atom. The van der Waals surface area contributed by atoms with Gasteiger partial charge in [0.05, 0.1) is 12.6 Å². The van der Waals surface area contributed by atoms with E-state index in [1.54, 1.807) is 5.01 Å². The monoisotopic (exact) mass is 274 g/mol. The Labute approximate surface area is 117 Å². The average Bonchev–Trinajstić information content (AvgIpc) is 2.37. The SMILES string of the molecule is CC(=O)NN1C=C2CC(=O)CN(C)C2C2=CC=CNC21. The van der Waals surface area contributed by atoms with E-state index in [0.29, 0.717) is 13.0 Å². The van der Waals surface area contributed by atoms with E-state index in [1.165, 1.54) is 6.92 Å². The molecule has 2 atom stereocenters. The smallest absolute Gasteiger partial charge is 0.235 e. The van der Waals surface area contributed by atoms with Gasteiger partial charge in [0.15, 0.2) is 5.78 Å². The third kappa shape index (κ3) is 2.12. The van der Waals surface area contributed by atoms with Crippen molar-refractivity contribution < 1.29 is 9.59 Å². The Kier molecular flexibility index (Phi) is 3.10. The number of allylic oxidation sites excluding steroid dienone is 2. The number of likely N-dealkylation sites (tertiary alicyclic amines) is 1. The molecule has 0 radical (unpaired) electrons. The summed E-state index contributed by atoms with van der Waals surface area (Å²) in [5, 5.41) is 4.99. The average molecular weight is 274 g/mol. The van der Waals surface area contributed by atoms with Gasteiger partial charge in [0, 0.05) is 19.5 Å². The zero-order chi connectivity index (χ0) is 14.3. The van der Waals surface area contributed by atoms with Crippen LogP contribution in [0.1, 0.15) is 13.3 Å². The van der Waals surface area contributed by atoms with Crippen LogP contribution in [0.5, 0.6) is 0 Å². The van der Waals surface area contributed by atoms with E-state index in [2.05, 4.69) is 21.7 Å². The number of ketones is 1. The standard InChI is InChI=1S/C14H18N4O2/c1-9(19)16-18-7-10-6-11(20)8-17(2)13(10)12-4-3-5-15-14(12)18/h3-5,7,13-15H,6,8H2,1-2H3,(H,16,19). The van der Waals surface area contributed by atoms with Crippen LogP contribution in [0.3, 0.4) is 0 Å². The van der Waals surface area contributed by atoms with Crippen LogP contribution < -0.4 is 10.7 Å². The summed E-state index contributed by atoms with van der Waals surface area (Å²) in [6.07, 6.45) is 8.08. The summed E-state index contributed by atoms with van der Waals surface area (Å²) in [6, 6.07) is 0.125. The first-order valence-electron chi connectivity index (χ1n) is 6.67. The molecule has 3 heterocycles. The molecule has 6 heteroatoms. The summed E-state index contributed by atoms with van der Waals surface area (Å²) >= 11 is 0. The van der Waals surface area contributed by atoms with Crippen molar-refractivity contribution >= 4 is 11.7 Å². The number of dihydropyridines is 1. The molecule has 0 aromatic carbocycles. The fourth-order valence-corrected chi connectivity index (χ4v) is 3.12. The maximum Gasteiger partial charge on any atom is 0.235 e. The molecule has 3 aliphatic heterocycles. The van der Waals surface area contributed by atoms with Gasteiger partial charge in [-0.05, 0) is 30.5 Å². The number of carbonyl (C=O) groups is 2. The Morgan fingerprint density at radius 2 is 2.30 bits per heavy atom. The summed E-state index contributed by atoms with van der Waals surface area (Å²) in [7, 11) is 1.96. The van der Waals surface area contributed by atoms with Gasteiger partial charge in [0.2, 0.25) is 5.91 Å². The van der Waals surface area contributed by atoms with Crippen LogP contribution in [-0.4, -0.2) is 47.4 Å². The number of rotatable bonds is 1. The molecule has 0 spiro atoms. The van der Waals surface area contributed by atoms with Gasteiger partial charge in [-0.2, -0.15) is 0 Å². The first-order chi connectivity index (χ1) is 9.56. The molecule has 1 amide bonds. The fraction of sp³-hybridized carbons (Fsp3) is 0.429. The molecule has 2 unspecified atom stereocenters. The molecule has 6 nitrogen and oxygen atoms in total. The number of nitrogens with zero attached hydrogens (tertiary/aromatic N) is 2. The number of nitrogens with one attached hydrogen (secondary N) is 2. The van der Waals surface area contributed by atoms with Crippen LogP contribution in [0.15, 0.2) is 35.7 Å². The molecule has 0 aromatic rings. The lowest BCUT2D eigenvalue weighted by molar-refractivity contribution is -0.123. The van der Waals surface area contributed by atoms with Crippen molar-refractivity contribution in [2.45, 2.75) is 25.6 Å². The fourth-order valence-electron chi connectivity index (χ4n) is 3.12. The van der Waals surface area contributed by atoms with Gasteiger partial charge in [-0.3, -0.25) is 24.9 Å². The number of likely N-dealkylation sites (N-methyl/N-ethyl adjacent to an activating group) is 1. The van der Waals surface area contributed by atoms with Crippen molar-refractivity contribution in [1.82, 2.24) is 20.7 Å². The molecular formula is C14H18N4O2. The number of hydrazine groups is 1. The summed E-state index contributed by atoms with van der Waals surface area (Å²) in [4.78, 5) is 25.2. The van der Waals surface area contributed by atoms with Crippen LogP contribution >= 0.6 is 0 Å². The van der Waals surface area contributed by atoms with Gasteiger partial charge in [-0.25, -0.2) is 0 Å². The minimum absolute atomic E-state index is 0.103. The van der Waals surface area contributed by atoms with Crippen molar-refractivity contribution in [3.63, 3.8) is 0 Å².